The molecule has 0 aromatic heterocycles. The number of carbonyl (C=O) groups is 1. The van der Waals surface area contributed by atoms with Crippen LogP contribution in [0, 0.1) is 0 Å². The summed E-state index contributed by atoms with van der Waals surface area (Å²) in [5.41, 5.74) is 0.884. The largest absolute Gasteiger partial charge is 0.493 e. The van der Waals surface area contributed by atoms with E-state index >= 15 is 0 Å². The number of carbonyl (C=O) groups excluding carboxylic acids is 1. The van der Waals surface area contributed by atoms with Crippen molar-refractivity contribution in [1.29, 1.82) is 0 Å². The number of allylic oxidation sites excluding steroid dienone is 1. The van der Waals surface area contributed by atoms with Crippen molar-refractivity contribution in [3.63, 3.8) is 0 Å². The van der Waals surface area contributed by atoms with Crippen molar-refractivity contribution in [2.24, 2.45) is 0 Å². The second kappa shape index (κ2) is 6.45. The molecule has 0 unspecified atom stereocenters. The van der Waals surface area contributed by atoms with Crippen LogP contribution in [0.4, 0.5) is 0 Å². The van der Waals surface area contributed by atoms with Crippen molar-refractivity contribution in [3.05, 3.63) is 34.8 Å². The minimum absolute atomic E-state index is 0.118. The standard InChI is InChI=1S/C13H15BrO3/c1-4-5-10(15)6-9-7-12(16-2)13(17-3)8-11(9)14/h4,7-8H,1,5-6H2,2-3H3. The zero-order chi connectivity index (χ0) is 12.8. The lowest BCUT2D eigenvalue weighted by molar-refractivity contribution is -0.117. The van der Waals surface area contributed by atoms with Crippen molar-refractivity contribution < 1.29 is 14.3 Å². The second-order valence-corrected chi connectivity index (χ2v) is 4.36. The van der Waals surface area contributed by atoms with Gasteiger partial charge in [-0.3, -0.25) is 4.79 Å². The summed E-state index contributed by atoms with van der Waals surface area (Å²) in [5, 5.41) is 0. The molecule has 92 valence electrons. The van der Waals surface area contributed by atoms with Crippen molar-refractivity contribution in [1.82, 2.24) is 0 Å². The maximum atomic E-state index is 11.6. The van der Waals surface area contributed by atoms with E-state index in [0.717, 1.165) is 10.0 Å². The average molecular weight is 299 g/mol. The first kappa shape index (κ1) is 13.8. The van der Waals surface area contributed by atoms with E-state index in [9.17, 15) is 4.79 Å². The fraction of sp³-hybridized carbons (Fsp3) is 0.308. The maximum Gasteiger partial charge on any atom is 0.161 e. The van der Waals surface area contributed by atoms with Crippen molar-refractivity contribution in [2.75, 3.05) is 14.2 Å². The average Bonchev–Trinajstić information content (AvgIpc) is 2.31. The van der Waals surface area contributed by atoms with E-state index in [2.05, 4.69) is 22.5 Å². The molecule has 1 aromatic carbocycles. The Morgan fingerprint density at radius 3 is 2.47 bits per heavy atom. The van der Waals surface area contributed by atoms with Gasteiger partial charge in [0, 0.05) is 17.3 Å². The summed E-state index contributed by atoms with van der Waals surface area (Å²) in [4.78, 5) is 11.6. The van der Waals surface area contributed by atoms with E-state index in [1.807, 2.05) is 6.07 Å². The van der Waals surface area contributed by atoms with Gasteiger partial charge in [0.25, 0.3) is 0 Å². The van der Waals surface area contributed by atoms with Gasteiger partial charge in [-0.2, -0.15) is 0 Å². The molecule has 0 saturated carbocycles. The summed E-state index contributed by atoms with van der Waals surface area (Å²) in [6.07, 6.45) is 2.34. The molecule has 0 radical (unpaired) electrons. The molecule has 0 fully saturated rings. The van der Waals surface area contributed by atoms with Crippen LogP contribution in [-0.2, 0) is 11.2 Å². The minimum atomic E-state index is 0.118. The van der Waals surface area contributed by atoms with Crippen LogP contribution in [0.15, 0.2) is 29.3 Å². The Hall–Kier alpha value is -1.29. The van der Waals surface area contributed by atoms with E-state index in [0.29, 0.717) is 24.3 Å². The molecule has 17 heavy (non-hydrogen) atoms. The SMILES string of the molecule is C=CCC(=O)Cc1cc(OC)c(OC)cc1Br. The molecule has 0 atom stereocenters. The Morgan fingerprint density at radius 1 is 1.35 bits per heavy atom. The van der Waals surface area contributed by atoms with Gasteiger partial charge in [-0.15, -0.1) is 6.58 Å². The van der Waals surface area contributed by atoms with E-state index in [1.165, 1.54) is 0 Å². The Morgan fingerprint density at radius 2 is 1.94 bits per heavy atom. The molecule has 0 aliphatic heterocycles. The number of methoxy groups -OCH3 is 2. The Labute approximate surface area is 110 Å². The van der Waals surface area contributed by atoms with Gasteiger partial charge in [-0.05, 0) is 17.7 Å². The summed E-state index contributed by atoms with van der Waals surface area (Å²) in [7, 11) is 3.15. The highest BCUT2D eigenvalue weighted by molar-refractivity contribution is 9.10. The molecule has 0 aliphatic rings. The van der Waals surface area contributed by atoms with Gasteiger partial charge >= 0.3 is 0 Å². The maximum absolute atomic E-state index is 11.6. The lowest BCUT2D eigenvalue weighted by Crippen LogP contribution is -2.02. The third-order valence-corrected chi connectivity index (χ3v) is 3.05. The number of benzene rings is 1. The van der Waals surface area contributed by atoms with Gasteiger partial charge in [0.2, 0.25) is 0 Å². The number of ketones is 1. The number of ether oxygens (including phenoxy) is 2. The summed E-state index contributed by atoms with van der Waals surface area (Å²) in [6.45, 7) is 3.55. The van der Waals surface area contributed by atoms with E-state index in [-0.39, 0.29) is 5.78 Å². The van der Waals surface area contributed by atoms with E-state index in [1.54, 1.807) is 26.4 Å². The van der Waals surface area contributed by atoms with Crippen LogP contribution in [0.1, 0.15) is 12.0 Å². The van der Waals surface area contributed by atoms with Crippen LogP contribution in [-0.4, -0.2) is 20.0 Å². The molecule has 0 bridgehead atoms. The van der Waals surface area contributed by atoms with Gasteiger partial charge in [-0.25, -0.2) is 0 Å². The smallest absolute Gasteiger partial charge is 0.161 e. The molecular weight excluding hydrogens is 284 g/mol. The molecule has 0 aliphatic carbocycles. The zero-order valence-corrected chi connectivity index (χ0v) is 11.5. The molecule has 0 saturated heterocycles. The summed E-state index contributed by atoms with van der Waals surface area (Å²) >= 11 is 3.42. The first-order valence-corrected chi connectivity index (χ1v) is 5.94. The molecule has 0 N–H and O–H groups in total. The van der Waals surface area contributed by atoms with Crippen LogP contribution >= 0.6 is 15.9 Å². The van der Waals surface area contributed by atoms with Gasteiger partial charge in [0.15, 0.2) is 11.5 Å². The number of rotatable bonds is 6. The van der Waals surface area contributed by atoms with Gasteiger partial charge in [0.05, 0.1) is 14.2 Å². The lowest BCUT2D eigenvalue weighted by Gasteiger charge is -2.11. The predicted octanol–water partition coefficient (Wildman–Crippen LogP) is 3.15. The third kappa shape index (κ3) is 3.60. The number of halogens is 1. The number of hydrogen-bond donors (Lipinski definition) is 0. The van der Waals surface area contributed by atoms with Crippen molar-refractivity contribution in [3.8, 4) is 11.5 Å². The highest BCUT2D eigenvalue weighted by Gasteiger charge is 2.11. The van der Waals surface area contributed by atoms with Gasteiger partial charge < -0.3 is 9.47 Å². The Balaban J connectivity index is 3.00. The summed E-state index contributed by atoms with van der Waals surface area (Å²) < 4.78 is 11.2. The molecule has 0 spiro atoms. The highest BCUT2D eigenvalue weighted by Crippen LogP contribution is 2.33. The van der Waals surface area contributed by atoms with Crippen molar-refractivity contribution in [2.45, 2.75) is 12.8 Å². The first-order chi connectivity index (χ1) is 8.12. The fourth-order valence-electron chi connectivity index (χ4n) is 1.48. The third-order valence-electron chi connectivity index (χ3n) is 2.31. The molecule has 1 aromatic rings. The Bertz CT molecular complexity index is 427. The summed E-state index contributed by atoms with van der Waals surface area (Å²) in [6, 6.07) is 3.61. The molecule has 4 heteroatoms. The van der Waals surface area contributed by atoms with Crippen LogP contribution in [0.2, 0.25) is 0 Å². The van der Waals surface area contributed by atoms with Crippen LogP contribution < -0.4 is 9.47 Å². The quantitative estimate of drug-likeness (QED) is 0.757. The summed E-state index contributed by atoms with van der Waals surface area (Å²) in [5.74, 6) is 1.38. The molecule has 0 amide bonds. The minimum Gasteiger partial charge on any atom is -0.493 e. The molecule has 0 heterocycles. The monoisotopic (exact) mass is 298 g/mol. The van der Waals surface area contributed by atoms with Gasteiger partial charge in [-0.1, -0.05) is 22.0 Å². The Kier molecular flexibility index (Phi) is 5.22. The number of Topliss-reactive ketones (excluding diaryl/α,β-unsaturated/α-hetero) is 1. The van der Waals surface area contributed by atoms with E-state index < -0.39 is 0 Å². The van der Waals surface area contributed by atoms with Gasteiger partial charge in [0.1, 0.15) is 5.78 Å². The topological polar surface area (TPSA) is 35.5 Å². The van der Waals surface area contributed by atoms with Crippen LogP contribution in [0.3, 0.4) is 0 Å². The predicted molar refractivity (Wildman–Crippen MR) is 70.8 cm³/mol. The normalized spacial score (nSPS) is 9.82. The van der Waals surface area contributed by atoms with E-state index in [4.69, 9.17) is 9.47 Å². The second-order valence-electron chi connectivity index (χ2n) is 3.51. The zero-order valence-electron chi connectivity index (χ0n) is 9.96. The molecule has 3 nitrogen and oxygen atoms in total. The number of hydrogen-bond acceptors (Lipinski definition) is 3. The van der Waals surface area contributed by atoms with Crippen LogP contribution in [0.5, 0.6) is 11.5 Å². The van der Waals surface area contributed by atoms with Crippen molar-refractivity contribution >= 4 is 21.7 Å². The lowest BCUT2D eigenvalue weighted by atomic mass is 10.1. The fourth-order valence-corrected chi connectivity index (χ4v) is 1.94. The first-order valence-electron chi connectivity index (χ1n) is 5.15. The molecular formula is C13H15BrO3. The highest BCUT2D eigenvalue weighted by atomic mass is 79.9. The van der Waals surface area contributed by atoms with Crippen LogP contribution in [0.25, 0.3) is 0 Å². The molecule has 1 rings (SSSR count).